The molecule has 0 fully saturated rings. The average molecular weight is 391 g/mol. The standard InChI is InChI=1S/C19H25N3O4S/c1-5-22(6-2)27(25,26)17-7-8-19(24)21(12-17)13-18(23)20-16-10-14(3)9-15(4)11-16/h7-12H,5-6,13H2,1-4H3,(H,20,23). The lowest BCUT2D eigenvalue weighted by molar-refractivity contribution is -0.116. The van der Waals surface area contributed by atoms with Gasteiger partial charge in [0.25, 0.3) is 5.56 Å². The summed E-state index contributed by atoms with van der Waals surface area (Å²) in [6.07, 6.45) is 1.22. The van der Waals surface area contributed by atoms with Crippen LogP contribution in [0.4, 0.5) is 5.69 Å². The fraction of sp³-hybridized carbons (Fsp3) is 0.368. The van der Waals surface area contributed by atoms with E-state index in [-0.39, 0.29) is 11.4 Å². The van der Waals surface area contributed by atoms with Gasteiger partial charge in [0.15, 0.2) is 0 Å². The van der Waals surface area contributed by atoms with Crippen molar-refractivity contribution in [1.82, 2.24) is 8.87 Å². The number of nitrogens with one attached hydrogen (secondary N) is 1. The van der Waals surface area contributed by atoms with E-state index in [9.17, 15) is 18.0 Å². The summed E-state index contributed by atoms with van der Waals surface area (Å²) in [5.74, 6) is -0.403. The van der Waals surface area contributed by atoms with Crippen LogP contribution in [0.2, 0.25) is 0 Å². The minimum absolute atomic E-state index is 0.00926. The third-order valence-corrected chi connectivity index (χ3v) is 6.15. The molecule has 2 rings (SSSR count). The van der Waals surface area contributed by atoms with Gasteiger partial charge in [0.1, 0.15) is 6.54 Å². The number of sulfonamides is 1. The van der Waals surface area contributed by atoms with Crippen LogP contribution in [-0.4, -0.2) is 36.3 Å². The molecular weight excluding hydrogens is 366 g/mol. The van der Waals surface area contributed by atoms with Crippen LogP contribution < -0.4 is 10.9 Å². The average Bonchev–Trinajstić information content (AvgIpc) is 2.56. The van der Waals surface area contributed by atoms with Crippen molar-refractivity contribution < 1.29 is 13.2 Å². The number of rotatable bonds is 7. The first kappa shape index (κ1) is 20.9. The normalized spacial score (nSPS) is 11.6. The monoisotopic (exact) mass is 391 g/mol. The number of carbonyl (C=O) groups excluding carboxylic acids is 1. The van der Waals surface area contributed by atoms with Crippen LogP contribution in [-0.2, 0) is 21.4 Å². The maximum absolute atomic E-state index is 12.6. The first-order valence-corrected chi connectivity index (χ1v) is 10.2. The number of aromatic nitrogens is 1. The SMILES string of the molecule is CCN(CC)S(=O)(=O)c1ccc(=O)n(CC(=O)Nc2cc(C)cc(C)c2)c1. The maximum atomic E-state index is 12.6. The Morgan fingerprint density at radius 1 is 1.07 bits per heavy atom. The highest BCUT2D eigenvalue weighted by molar-refractivity contribution is 7.89. The summed E-state index contributed by atoms with van der Waals surface area (Å²) in [5.41, 5.74) is 2.21. The van der Waals surface area contributed by atoms with Crippen LogP contribution in [0, 0.1) is 13.8 Å². The molecule has 0 aliphatic rings. The fourth-order valence-corrected chi connectivity index (χ4v) is 4.38. The van der Waals surface area contributed by atoms with E-state index in [2.05, 4.69) is 5.32 Å². The van der Waals surface area contributed by atoms with Crippen LogP contribution in [0.25, 0.3) is 0 Å². The molecule has 27 heavy (non-hydrogen) atoms. The topological polar surface area (TPSA) is 88.5 Å². The zero-order chi connectivity index (χ0) is 20.2. The van der Waals surface area contributed by atoms with Gasteiger partial charge in [0.2, 0.25) is 15.9 Å². The van der Waals surface area contributed by atoms with Crippen molar-refractivity contribution in [3.8, 4) is 0 Å². The fourth-order valence-electron chi connectivity index (χ4n) is 2.90. The van der Waals surface area contributed by atoms with Crippen LogP contribution in [0.1, 0.15) is 25.0 Å². The van der Waals surface area contributed by atoms with Crippen molar-refractivity contribution in [2.45, 2.75) is 39.1 Å². The molecule has 0 aliphatic heterocycles. The zero-order valence-corrected chi connectivity index (χ0v) is 16.8. The molecule has 1 amide bonds. The molecule has 1 aromatic heterocycles. The summed E-state index contributed by atoms with van der Waals surface area (Å²) >= 11 is 0. The highest BCUT2D eigenvalue weighted by Crippen LogP contribution is 2.15. The highest BCUT2D eigenvalue weighted by atomic mass is 32.2. The molecular formula is C19H25N3O4S. The highest BCUT2D eigenvalue weighted by Gasteiger charge is 2.22. The van der Waals surface area contributed by atoms with Crippen molar-refractivity contribution in [2.75, 3.05) is 18.4 Å². The van der Waals surface area contributed by atoms with Gasteiger partial charge < -0.3 is 9.88 Å². The van der Waals surface area contributed by atoms with Gasteiger partial charge in [-0.05, 0) is 43.2 Å². The summed E-state index contributed by atoms with van der Waals surface area (Å²) in [5, 5.41) is 2.74. The minimum Gasteiger partial charge on any atom is -0.325 e. The van der Waals surface area contributed by atoms with E-state index in [0.717, 1.165) is 15.7 Å². The van der Waals surface area contributed by atoms with Gasteiger partial charge in [-0.15, -0.1) is 0 Å². The van der Waals surface area contributed by atoms with E-state index in [4.69, 9.17) is 0 Å². The van der Waals surface area contributed by atoms with E-state index < -0.39 is 21.5 Å². The first-order chi connectivity index (χ1) is 12.7. The molecule has 1 heterocycles. The van der Waals surface area contributed by atoms with E-state index in [1.807, 2.05) is 32.0 Å². The second kappa shape index (κ2) is 8.49. The summed E-state index contributed by atoms with van der Waals surface area (Å²) in [6, 6.07) is 8.08. The van der Waals surface area contributed by atoms with Crippen LogP contribution in [0.15, 0.2) is 46.2 Å². The van der Waals surface area contributed by atoms with Crippen LogP contribution >= 0.6 is 0 Å². The lowest BCUT2D eigenvalue weighted by Crippen LogP contribution is -2.33. The molecule has 8 heteroatoms. The Bertz CT molecular complexity index is 972. The van der Waals surface area contributed by atoms with Gasteiger partial charge in [-0.3, -0.25) is 9.59 Å². The van der Waals surface area contributed by atoms with E-state index >= 15 is 0 Å². The largest absolute Gasteiger partial charge is 0.325 e. The third kappa shape index (κ3) is 5.05. The number of nitrogens with zero attached hydrogens (tertiary/aromatic N) is 2. The smallest absolute Gasteiger partial charge is 0.251 e. The molecule has 146 valence electrons. The summed E-state index contributed by atoms with van der Waals surface area (Å²) < 4.78 is 27.6. The number of anilines is 1. The van der Waals surface area contributed by atoms with Crippen molar-refractivity contribution in [3.63, 3.8) is 0 Å². The second-order valence-electron chi connectivity index (χ2n) is 6.34. The Balaban J connectivity index is 2.26. The van der Waals surface area contributed by atoms with E-state index in [0.29, 0.717) is 18.8 Å². The van der Waals surface area contributed by atoms with Gasteiger partial charge in [-0.2, -0.15) is 4.31 Å². The number of aryl methyl sites for hydroxylation is 2. The molecule has 0 radical (unpaired) electrons. The van der Waals surface area contributed by atoms with Crippen molar-refractivity contribution in [3.05, 3.63) is 58.0 Å². The molecule has 7 nitrogen and oxygen atoms in total. The Morgan fingerprint density at radius 2 is 1.67 bits per heavy atom. The maximum Gasteiger partial charge on any atom is 0.251 e. The molecule has 1 N–H and O–H groups in total. The predicted octanol–water partition coefficient (Wildman–Crippen LogP) is 2.13. The molecule has 0 atom stereocenters. The van der Waals surface area contributed by atoms with Crippen LogP contribution in [0.5, 0.6) is 0 Å². The van der Waals surface area contributed by atoms with Crippen molar-refractivity contribution in [1.29, 1.82) is 0 Å². The van der Waals surface area contributed by atoms with Crippen molar-refractivity contribution >= 4 is 21.6 Å². The lowest BCUT2D eigenvalue weighted by atomic mass is 10.1. The second-order valence-corrected chi connectivity index (χ2v) is 8.28. The number of carbonyl (C=O) groups is 1. The molecule has 0 spiro atoms. The van der Waals surface area contributed by atoms with E-state index in [1.54, 1.807) is 13.8 Å². The lowest BCUT2D eigenvalue weighted by Gasteiger charge is -2.19. The number of pyridine rings is 1. The van der Waals surface area contributed by atoms with Gasteiger partial charge >= 0.3 is 0 Å². The van der Waals surface area contributed by atoms with Gasteiger partial charge in [0, 0.05) is 31.0 Å². The molecule has 2 aromatic rings. The molecule has 0 aliphatic carbocycles. The number of benzene rings is 1. The van der Waals surface area contributed by atoms with Gasteiger partial charge in [-0.25, -0.2) is 8.42 Å². The van der Waals surface area contributed by atoms with Gasteiger partial charge in [0.05, 0.1) is 4.90 Å². The number of amides is 1. The Morgan fingerprint density at radius 3 is 2.22 bits per heavy atom. The Hall–Kier alpha value is -2.45. The number of hydrogen-bond donors (Lipinski definition) is 1. The Kier molecular flexibility index (Phi) is 6.56. The van der Waals surface area contributed by atoms with Gasteiger partial charge in [-0.1, -0.05) is 19.9 Å². The molecule has 0 saturated carbocycles. The molecule has 0 bridgehead atoms. The summed E-state index contributed by atoms with van der Waals surface area (Å²) in [6.45, 7) is 7.72. The molecule has 0 saturated heterocycles. The minimum atomic E-state index is -3.70. The van der Waals surface area contributed by atoms with Crippen LogP contribution in [0.3, 0.4) is 0 Å². The zero-order valence-electron chi connectivity index (χ0n) is 16.0. The first-order valence-electron chi connectivity index (χ1n) is 8.76. The summed E-state index contributed by atoms with van der Waals surface area (Å²) in [4.78, 5) is 24.4. The molecule has 0 unspecified atom stereocenters. The predicted molar refractivity (Wildman–Crippen MR) is 105 cm³/mol. The van der Waals surface area contributed by atoms with Crippen molar-refractivity contribution in [2.24, 2.45) is 0 Å². The quantitative estimate of drug-likeness (QED) is 0.783. The van der Waals surface area contributed by atoms with E-state index in [1.165, 1.54) is 22.6 Å². The number of hydrogen-bond acceptors (Lipinski definition) is 4. The molecule has 1 aromatic carbocycles. The summed E-state index contributed by atoms with van der Waals surface area (Å²) in [7, 11) is -3.70. The third-order valence-electron chi connectivity index (χ3n) is 4.12. The Labute approximate surface area is 159 Å².